The van der Waals surface area contributed by atoms with Crippen molar-refractivity contribution in [3.8, 4) is 0 Å². The Morgan fingerprint density at radius 2 is 2.25 bits per heavy atom. The smallest absolute Gasteiger partial charge is 0.319 e. The average Bonchev–Trinajstić information content (AvgIpc) is 2.28. The van der Waals surface area contributed by atoms with Crippen LogP contribution in [0.1, 0.15) is 11.1 Å². The minimum atomic E-state index is -0.397. The van der Waals surface area contributed by atoms with Gasteiger partial charge < -0.3 is 15.8 Å². The highest BCUT2D eigenvalue weighted by atomic mass is 19.1. The highest BCUT2D eigenvalue weighted by Gasteiger charge is 2.09. The number of nitrogens with one attached hydrogen (secondary N) is 1. The van der Waals surface area contributed by atoms with Gasteiger partial charge in [0.25, 0.3) is 0 Å². The summed E-state index contributed by atoms with van der Waals surface area (Å²) in [5, 5.41) is 2.77. The number of nitrogen functional groups attached to an aromatic ring is 1. The number of hydrogen-bond acceptors (Lipinski definition) is 4. The summed E-state index contributed by atoms with van der Waals surface area (Å²) in [6.07, 6.45) is 0. The summed E-state index contributed by atoms with van der Waals surface area (Å²) < 4.78 is 18.1. The van der Waals surface area contributed by atoms with Crippen LogP contribution in [0.15, 0.2) is 12.1 Å². The number of benzene rings is 1. The van der Waals surface area contributed by atoms with E-state index in [0.29, 0.717) is 16.8 Å². The molecule has 0 amide bonds. The summed E-state index contributed by atoms with van der Waals surface area (Å²) in [4.78, 5) is 10.8. The van der Waals surface area contributed by atoms with Crippen molar-refractivity contribution >= 4 is 11.7 Å². The molecule has 0 fully saturated rings. The second-order valence-corrected chi connectivity index (χ2v) is 3.44. The van der Waals surface area contributed by atoms with Crippen molar-refractivity contribution in [2.24, 2.45) is 0 Å². The molecule has 0 spiro atoms. The highest BCUT2D eigenvalue weighted by molar-refractivity contribution is 5.71. The number of hydrogen-bond donors (Lipinski definition) is 2. The van der Waals surface area contributed by atoms with Crippen LogP contribution in [0.4, 0.5) is 10.1 Å². The summed E-state index contributed by atoms with van der Waals surface area (Å²) in [7, 11) is 1.30. The number of carbonyl (C=O) groups is 1. The molecule has 0 radical (unpaired) electrons. The Morgan fingerprint density at radius 1 is 1.56 bits per heavy atom. The molecule has 1 aromatic carbocycles. The molecule has 4 nitrogen and oxygen atoms in total. The first-order valence-corrected chi connectivity index (χ1v) is 4.87. The first-order chi connectivity index (χ1) is 7.56. The zero-order chi connectivity index (χ0) is 12.1. The zero-order valence-electron chi connectivity index (χ0n) is 9.34. The van der Waals surface area contributed by atoms with Crippen LogP contribution in [0, 0.1) is 12.7 Å². The lowest BCUT2D eigenvalue weighted by Gasteiger charge is -2.09. The highest BCUT2D eigenvalue weighted by Crippen LogP contribution is 2.18. The van der Waals surface area contributed by atoms with Gasteiger partial charge in [0, 0.05) is 17.8 Å². The molecular formula is C11H15FN2O2. The van der Waals surface area contributed by atoms with E-state index in [2.05, 4.69) is 10.1 Å². The molecule has 16 heavy (non-hydrogen) atoms. The summed E-state index contributed by atoms with van der Waals surface area (Å²) in [5.74, 6) is -0.732. The van der Waals surface area contributed by atoms with E-state index < -0.39 is 5.97 Å². The van der Waals surface area contributed by atoms with E-state index in [1.54, 1.807) is 19.1 Å². The van der Waals surface area contributed by atoms with Gasteiger partial charge in [-0.3, -0.25) is 4.79 Å². The summed E-state index contributed by atoms with van der Waals surface area (Å²) >= 11 is 0. The van der Waals surface area contributed by atoms with Gasteiger partial charge in [0.15, 0.2) is 0 Å². The molecule has 0 aliphatic carbocycles. The zero-order valence-corrected chi connectivity index (χ0v) is 9.34. The third kappa shape index (κ3) is 2.93. The quantitative estimate of drug-likeness (QED) is 0.593. The summed E-state index contributed by atoms with van der Waals surface area (Å²) in [6, 6.07) is 3.27. The van der Waals surface area contributed by atoms with Crippen LogP contribution in [0.3, 0.4) is 0 Å². The second kappa shape index (κ2) is 5.46. The SMILES string of the molecule is COC(=O)CNCc1c(N)ccc(C)c1F. The summed E-state index contributed by atoms with van der Waals surface area (Å²) in [6.45, 7) is 1.90. The average molecular weight is 226 g/mol. The van der Waals surface area contributed by atoms with Crippen LogP contribution >= 0.6 is 0 Å². The maximum absolute atomic E-state index is 13.6. The molecule has 0 unspecified atom stereocenters. The number of anilines is 1. The minimum absolute atomic E-state index is 0.0311. The Kier molecular flexibility index (Phi) is 4.25. The molecule has 5 heteroatoms. The molecule has 1 aromatic rings. The number of rotatable bonds is 4. The molecule has 0 atom stereocenters. The van der Waals surface area contributed by atoms with Gasteiger partial charge >= 0.3 is 5.97 Å². The summed E-state index contributed by atoms with van der Waals surface area (Å²) in [5.41, 5.74) is 6.93. The van der Waals surface area contributed by atoms with E-state index in [9.17, 15) is 9.18 Å². The van der Waals surface area contributed by atoms with E-state index >= 15 is 0 Å². The van der Waals surface area contributed by atoms with Gasteiger partial charge in [-0.1, -0.05) is 6.07 Å². The molecule has 0 saturated heterocycles. The van der Waals surface area contributed by atoms with E-state index in [0.717, 1.165) is 0 Å². The molecule has 0 heterocycles. The van der Waals surface area contributed by atoms with Crippen molar-refractivity contribution in [1.29, 1.82) is 0 Å². The van der Waals surface area contributed by atoms with E-state index in [1.807, 2.05) is 0 Å². The van der Waals surface area contributed by atoms with E-state index in [1.165, 1.54) is 7.11 Å². The molecule has 0 bridgehead atoms. The van der Waals surface area contributed by atoms with Gasteiger partial charge in [-0.15, -0.1) is 0 Å². The standard InChI is InChI=1S/C11H15FN2O2/c1-7-3-4-9(13)8(11(7)12)5-14-6-10(15)16-2/h3-4,14H,5-6,13H2,1-2H3. The van der Waals surface area contributed by atoms with Crippen molar-refractivity contribution < 1.29 is 13.9 Å². The first-order valence-electron chi connectivity index (χ1n) is 4.87. The van der Waals surface area contributed by atoms with Gasteiger partial charge in [-0.05, 0) is 18.6 Å². The predicted molar refractivity (Wildman–Crippen MR) is 59.3 cm³/mol. The fourth-order valence-corrected chi connectivity index (χ4v) is 1.29. The van der Waals surface area contributed by atoms with Crippen molar-refractivity contribution in [3.05, 3.63) is 29.1 Å². The van der Waals surface area contributed by atoms with E-state index in [4.69, 9.17) is 5.73 Å². The van der Waals surface area contributed by atoms with Gasteiger partial charge in [-0.25, -0.2) is 4.39 Å². The molecular weight excluding hydrogens is 211 g/mol. The molecule has 0 aliphatic heterocycles. The van der Waals surface area contributed by atoms with E-state index in [-0.39, 0.29) is 18.9 Å². The number of nitrogens with two attached hydrogens (primary N) is 1. The Morgan fingerprint density at radius 3 is 2.88 bits per heavy atom. The lowest BCUT2D eigenvalue weighted by molar-refractivity contribution is -0.139. The Hall–Kier alpha value is -1.62. The van der Waals surface area contributed by atoms with Crippen LogP contribution in [-0.4, -0.2) is 19.6 Å². The van der Waals surface area contributed by atoms with Crippen molar-refractivity contribution in [3.63, 3.8) is 0 Å². The third-order valence-corrected chi connectivity index (χ3v) is 2.27. The van der Waals surface area contributed by atoms with Gasteiger partial charge in [0.2, 0.25) is 0 Å². The van der Waals surface area contributed by atoms with Crippen molar-refractivity contribution in [2.75, 3.05) is 19.4 Å². The number of halogens is 1. The lowest BCUT2D eigenvalue weighted by atomic mass is 10.1. The van der Waals surface area contributed by atoms with Crippen LogP contribution < -0.4 is 11.1 Å². The van der Waals surface area contributed by atoms with Crippen molar-refractivity contribution in [2.45, 2.75) is 13.5 Å². The third-order valence-electron chi connectivity index (χ3n) is 2.27. The number of aryl methyl sites for hydroxylation is 1. The largest absolute Gasteiger partial charge is 0.468 e. The topological polar surface area (TPSA) is 64.3 Å². The number of carbonyl (C=O) groups excluding carboxylic acids is 1. The minimum Gasteiger partial charge on any atom is -0.468 e. The van der Waals surface area contributed by atoms with Crippen molar-refractivity contribution in [1.82, 2.24) is 5.32 Å². The normalized spacial score (nSPS) is 10.2. The second-order valence-electron chi connectivity index (χ2n) is 3.44. The first kappa shape index (κ1) is 12.4. The predicted octanol–water partition coefficient (Wildman–Crippen LogP) is 0.979. The van der Waals surface area contributed by atoms with Crippen LogP contribution in [-0.2, 0) is 16.1 Å². The van der Waals surface area contributed by atoms with Crippen LogP contribution in [0.25, 0.3) is 0 Å². The molecule has 0 aromatic heterocycles. The molecule has 0 aliphatic rings. The van der Waals surface area contributed by atoms with Crippen LogP contribution in [0.2, 0.25) is 0 Å². The molecule has 3 N–H and O–H groups in total. The molecule has 1 rings (SSSR count). The van der Waals surface area contributed by atoms with Gasteiger partial charge in [-0.2, -0.15) is 0 Å². The van der Waals surface area contributed by atoms with Gasteiger partial charge in [0.1, 0.15) is 5.82 Å². The Labute approximate surface area is 93.6 Å². The van der Waals surface area contributed by atoms with Crippen LogP contribution in [0.5, 0.6) is 0 Å². The number of methoxy groups -OCH3 is 1. The monoisotopic (exact) mass is 226 g/mol. The number of esters is 1. The fourth-order valence-electron chi connectivity index (χ4n) is 1.29. The maximum Gasteiger partial charge on any atom is 0.319 e. The molecule has 88 valence electrons. The lowest BCUT2D eigenvalue weighted by Crippen LogP contribution is -2.24. The number of ether oxygens (including phenoxy) is 1. The Balaban J connectivity index is 2.67. The maximum atomic E-state index is 13.6. The fraction of sp³-hybridized carbons (Fsp3) is 0.364. The Bertz CT molecular complexity index is 394. The van der Waals surface area contributed by atoms with Gasteiger partial charge in [0.05, 0.1) is 13.7 Å². The molecule has 0 saturated carbocycles.